The number of nitrogens with zero attached hydrogens (tertiary/aromatic N) is 1. The Morgan fingerprint density at radius 3 is 2.48 bits per heavy atom. The van der Waals surface area contributed by atoms with Gasteiger partial charge in [0.15, 0.2) is 0 Å². The van der Waals surface area contributed by atoms with E-state index in [2.05, 4.69) is 9.97 Å². The first-order valence-electron chi connectivity index (χ1n) is 6.98. The summed E-state index contributed by atoms with van der Waals surface area (Å²) in [5.41, 5.74) is -0.216. The van der Waals surface area contributed by atoms with Crippen LogP contribution in [-0.4, -0.2) is 18.4 Å². The van der Waals surface area contributed by atoms with E-state index in [1.165, 1.54) is 24.4 Å². The van der Waals surface area contributed by atoms with Crippen LogP contribution in [-0.2, 0) is 16.8 Å². The molecular formula is C15H12F2N4O3S. The summed E-state index contributed by atoms with van der Waals surface area (Å²) >= 11 is 0. The molecule has 7 nitrogen and oxygen atoms in total. The number of hydrogen-bond donors (Lipinski definition) is 3. The molecule has 25 heavy (non-hydrogen) atoms. The minimum Gasteiger partial charge on any atom is -0.307 e. The van der Waals surface area contributed by atoms with E-state index in [9.17, 15) is 22.0 Å². The smallest absolute Gasteiger partial charge is 0.274 e. The Morgan fingerprint density at radius 2 is 1.84 bits per heavy atom. The van der Waals surface area contributed by atoms with E-state index >= 15 is 0 Å². The molecule has 0 spiro atoms. The fourth-order valence-corrected chi connectivity index (χ4v) is 2.81. The highest BCUT2D eigenvalue weighted by atomic mass is 32.2. The molecule has 0 amide bonds. The number of aromatic amines is 1. The lowest BCUT2D eigenvalue weighted by Gasteiger charge is -2.11. The van der Waals surface area contributed by atoms with Gasteiger partial charge in [-0.2, -0.15) is 13.1 Å². The van der Waals surface area contributed by atoms with Crippen LogP contribution in [0.15, 0.2) is 41.3 Å². The van der Waals surface area contributed by atoms with E-state index in [4.69, 9.17) is 5.14 Å². The van der Waals surface area contributed by atoms with E-state index in [0.717, 1.165) is 12.1 Å². The summed E-state index contributed by atoms with van der Waals surface area (Å²) in [5.74, 6) is -1.77. The van der Waals surface area contributed by atoms with Gasteiger partial charge in [-0.1, -0.05) is 0 Å². The number of hydrogen-bond acceptors (Lipinski definition) is 4. The van der Waals surface area contributed by atoms with Crippen LogP contribution >= 0.6 is 0 Å². The van der Waals surface area contributed by atoms with Crippen LogP contribution in [0.3, 0.4) is 0 Å². The Labute approximate surface area is 140 Å². The summed E-state index contributed by atoms with van der Waals surface area (Å²) in [5, 5.41) is 5.16. The second kappa shape index (κ2) is 6.31. The van der Waals surface area contributed by atoms with Gasteiger partial charge in [-0.15, -0.1) is 0 Å². The standard InChI is InChI=1S/C15H12F2N4O3S/c16-11-5-8(7-20-25(18,23)24)6-12(17)14(11)9-3-4-19-15-10(9)1-2-13(22)21-15/h1-6,20H,7H2,(H2,18,23,24)(H,19,21,22). The number of aromatic nitrogens is 2. The number of rotatable bonds is 4. The molecule has 3 aromatic rings. The number of halogens is 2. The van der Waals surface area contributed by atoms with E-state index in [1.807, 2.05) is 4.72 Å². The number of nitrogens with two attached hydrogens (primary N) is 1. The average molecular weight is 366 g/mol. The number of fused-ring (bicyclic) bond motifs is 1. The maximum absolute atomic E-state index is 14.5. The third-order valence-corrected chi connectivity index (χ3v) is 4.03. The summed E-state index contributed by atoms with van der Waals surface area (Å²) < 4.78 is 52.7. The Hall–Kier alpha value is -2.69. The highest BCUT2D eigenvalue weighted by Crippen LogP contribution is 2.31. The molecule has 1 aromatic carbocycles. The zero-order valence-electron chi connectivity index (χ0n) is 12.6. The largest absolute Gasteiger partial charge is 0.307 e. The molecular weight excluding hydrogens is 354 g/mol. The highest BCUT2D eigenvalue weighted by Gasteiger charge is 2.17. The second-order valence-electron chi connectivity index (χ2n) is 5.24. The van der Waals surface area contributed by atoms with Gasteiger partial charge in [0.05, 0.1) is 5.56 Å². The Kier molecular flexibility index (Phi) is 4.33. The predicted octanol–water partition coefficient (Wildman–Crippen LogP) is 1.16. The molecule has 0 aliphatic carbocycles. The first-order valence-corrected chi connectivity index (χ1v) is 8.53. The van der Waals surface area contributed by atoms with Gasteiger partial charge in [-0.3, -0.25) is 4.79 Å². The molecule has 0 radical (unpaired) electrons. The summed E-state index contributed by atoms with van der Waals surface area (Å²) in [6, 6.07) is 6.09. The fourth-order valence-electron chi connectivity index (χ4n) is 2.45. The zero-order valence-corrected chi connectivity index (χ0v) is 13.4. The third kappa shape index (κ3) is 3.71. The third-order valence-electron chi connectivity index (χ3n) is 3.48. The van der Waals surface area contributed by atoms with Crippen molar-refractivity contribution in [3.8, 4) is 11.1 Å². The minimum atomic E-state index is -3.98. The van der Waals surface area contributed by atoms with Crippen LogP contribution in [0.4, 0.5) is 8.78 Å². The summed E-state index contributed by atoms with van der Waals surface area (Å²) in [6.45, 7) is -0.350. The highest BCUT2D eigenvalue weighted by molar-refractivity contribution is 7.87. The lowest BCUT2D eigenvalue weighted by atomic mass is 10.00. The Bertz CT molecular complexity index is 1110. The van der Waals surface area contributed by atoms with E-state index in [-0.39, 0.29) is 34.4 Å². The van der Waals surface area contributed by atoms with Crippen molar-refractivity contribution >= 4 is 21.2 Å². The maximum atomic E-state index is 14.5. The van der Waals surface area contributed by atoms with Gasteiger partial charge in [0, 0.05) is 29.8 Å². The summed E-state index contributed by atoms with van der Waals surface area (Å²) in [6.07, 6.45) is 1.32. The molecule has 0 saturated heterocycles. The monoisotopic (exact) mass is 366 g/mol. The second-order valence-corrected chi connectivity index (χ2v) is 6.62. The van der Waals surface area contributed by atoms with E-state index in [1.54, 1.807) is 0 Å². The number of pyridine rings is 2. The van der Waals surface area contributed by atoms with Crippen molar-refractivity contribution in [2.75, 3.05) is 0 Å². The number of nitrogens with one attached hydrogen (secondary N) is 2. The summed E-state index contributed by atoms with van der Waals surface area (Å²) in [7, 11) is -3.98. The van der Waals surface area contributed by atoms with Crippen molar-refractivity contribution < 1.29 is 17.2 Å². The molecule has 3 rings (SSSR count). The van der Waals surface area contributed by atoms with Gasteiger partial charge in [0.2, 0.25) is 5.56 Å². The molecule has 4 N–H and O–H groups in total. The van der Waals surface area contributed by atoms with Crippen LogP contribution in [0.1, 0.15) is 5.56 Å². The zero-order chi connectivity index (χ0) is 18.2. The molecule has 130 valence electrons. The molecule has 0 bridgehead atoms. The van der Waals surface area contributed by atoms with Gasteiger partial charge in [0.1, 0.15) is 17.3 Å². The van der Waals surface area contributed by atoms with Gasteiger partial charge in [-0.05, 0) is 29.8 Å². The molecule has 0 aliphatic rings. The van der Waals surface area contributed by atoms with Crippen molar-refractivity contribution in [1.29, 1.82) is 0 Å². The molecule has 0 unspecified atom stereocenters. The topological polar surface area (TPSA) is 118 Å². The van der Waals surface area contributed by atoms with E-state index < -0.39 is 21.8 Å². The van der Waals surface area contributed by atoms with Crippen molar-refractivity contribution in [3.05, 3.63) is 64.1 Å². The maximum Gasteiger partial charge on any atom is 0.274 e. The molecule has 0 fully saturated rings. The number of benzene rings is 1. The number of H-pyrrole nitrogens is 1. The molecule has 2 heterocycles. The fraction of sp³-hybridized carbons (Fsp3) is 0.0667. The van der Waals surface area contributed by atoms with Gasteiger partial charge < -0.3 is 4.98 Å². The van der Waals surface area contributed by atoms with Crippen LogP contribution in [0, 0.1) is 11.6 Å². The minimum absolute atomic E-state index is 0.0690. The van der Waals surface area contributed by atoms with Gasteiger partial charge in [0.25, 0.3) is 10.2 Å². The van der Waals surface area contributed by atoms with Gasteiger partial charge >= 0.3 is 0 Å². The molecule has 2 aromatic heterocycles. The first kappa shape index (κ1) is 17.1. The molecule has 10 heteroatoms. The van der Waals surface area contributed by atoms with Crippen molar-refractivity contribution in [3.63, 3.8) is 0 Å². The van der Waals surface area contributed by atoms with Gasteiger partial charge in [-0.25, -0.2) is 18.9 Å². The first-order chi connectivity index (χ1) is 11.7. The predicted molar refractivity (Wildman–Crippen MR) is 87.7 cm³/mol. The normalized spacial score (nSPS) is 11.8. The lowest BCUT2D eigenvalue weighted by molar-refractivity contribution is 0.575. The van der Waals surface area contributed by atoms with Crippen LogP contribution in [0.25, 0.3) is 22.2 Å². The van der Waals surface area contributed by atoms with Crippen molar-refractivity contribution in [2.24, 2.45) is 5.14 Å². The SMILES string of the molecule is NS(=O)(=O)NCc1cc(F)c(-c2ccnc3[nH]c(=O)ccc23)c(F)c1. The molecule has 0 saturated carbocycles. The molecule has 0 atom stereocenters. The van der Waals surface area contributed by atoms with E-state index in [0.29, 0.717) is 5.39 Å². The van der Waals surface area contributed by atoms with Crippen LogP contribution in [0.2, 0.25) is 0 Å². The van der Waals surface area contributed by atoms with Crippen molar-refractivity contribution in [1.82, 2.24) is 14.7 Å². The van der Waals surface area contributed by atoms with Crippen LogP contribution in [0.5, 0.6) is 0 Å². The lowest BCUT2D eigenvalue weighted by Crippen LogP contribution is -2.30. The summed E-state index contributed by atoms with van der Waals surface area (Å²) in [4.78, 5) is 17.8. The quantitative estimate of drug-likeness (QED) is 0.642. The van der Waals surface area contributed by atoms with Crippen molar-refractivity contribution in [2.45, 2.75) is 6.54 Å². The average Bonchev–Trinajstić information content (AvgIpc) is 2.51. The Balaban J connectivity index is 2.11. The molecule has 0 aliphatic heterocycles. The van der Waals surface area contributed by atoms with Crippen LogP contribution < -0.4 is 15.4 Å². The Morgan fingerprint density at radius 1 is 1.16 bits per heavy atom.